The van der Waals surface area contributed by atoms with E-state index in [1.165, 1.54) is 19.2 Å². The molecule has 1 aromatic carbocycles. The van der Waals surface area contributed by atoms with Gasteiger partial charge in [0.1, 0.15) is 0 Å². The van der Waals surface area contributed by atoms with E-state index in [2.05, 4.69) is 5.32 Å². The van der Waals surface area contributed by atoms with E-state index in [4.69, 9.17) is 4.74 Å². The molecule has 0 saturated heterocycles. The quantitative estimate of drug-likeness (QED) is 0.852. The molecular formula is C14H18FNO3. The van der Waals surface area contributed by atoms with E-state index < -0.39 is 11.2 Å². The van der Waals surface area contributed by atoms with Crippen LogP contribution in [0.2, 0.25) is 0 Å². The van der Waals surface area contributed by atoms with Gasteiger partial charge in [-0.15, -0.1) is 0 Å². The molecule has 1 fully saturated rings. The number of aliphatic hydroxyl groups is 1. The molecule has 19 heavy (non-hydrogen) atoms. The summed E-state index contributed by atoms with van der Waals surface area (Å²) in [5.74, 6) is -0.423. The van der Waals surface area contributed by atoms with Crippen molar-refractivity contribution in [2.75, 3.05) is 13.7 Å². The number of carbonyl (C=O) groups is 1. The van der Waals surface area contributed by atoms with Crippen LogP contribution in [0.4, 0.5) is 4.39 Å². The van der Waals surface area contributed by atoms with Crippen molar-refractivity contribution in [3.63, 3.8) is 0 Å². The Bertz CT molecular complexity index is 466. The molecule has 4 nitrogen and oxygen atoms in total. The summed E-state index contributed by atoms with van der Waals surface area (Å²) in [5, 5.41) is 12.0. The molecule has 5 heteroatoms. The number of benzene rings is 1. The first kappa shape index (κ1) is 13.8. The van der Waals surface area contributed by atoms with Crippen LogP contribution in [0.3, 0.4) is 0 Å². The zero-order valence-corrected chi connectivity index (χ0v) is 10.9. The molecule has 0 bridgehead atoms. The van der Waals surface area contributed by atoms with Crippen LogP contribution in [-0.2, 0) is 11.3 Å². The minimum absolute atomic E-state index is 0.129. The van der Waals surface area contributed by atoms with Crippen molar-refractivity contribution < 1.29 is 19.0 Å². The summed E-state index contributed by atoms with van der Waals surface area (Å²) in [6.07, 6.45) is 2.39. The van der Waals surface area contributed by atoms with Gasteiger partial charge in [-0.2, -0.15) is 0 Å². The van der Waals surface area contributed by atoms with Crippen molar-refractivity contribution in [1.29, 1.82) is 0 Å². The molecule has 0 unspecified atom stereocenters. The fourth-order valence-electron chi connectivity index (χ4n) is 2.25. The average Bonchev–Trinajstić information content (AvgIpc) is 2.36. The van der Waals surface area contributed by atoms with E-state index in [-0.39, 0.29) is 24.8 Å². The first-order valence-corrected chi connectivity index (χ1v) is 6.33. The standard InChI is InChI=1S/C14H18FNO3/c1-19-12-4-3-10(7-11(12)15)8-16-13(18)14(9-17)5-2-6-14/h3-4,7,17H,2,5-6,8-9H2,1H3,(H,16,18). The molecule has 104 valence electrons. The van der Waals surface area contributed by atoms with Crippen molar-refractivity contribution in [3.8, 4) is 5.75 Å². The van der Waals surface area contributed by atoms with Crippen LogP contribution in [0.15, 0.2) is 18.2 Å². The maximum atomic E-state index is 13.5. The molecular weight excluding hydrogens is 249 g/mol. The number of methoxy groups -OCH3 is 1. The predicted octanol–water partition coefficient (Wildman–Crippen LogP) is 1.61. The van der Waals surface area contributed by atoms with Crippen LogP contribution in [0.25, 0.3) is 0 Å². The van der Waals surface area contributed by atoms with Gasteiger partial charge >= 0.3 is 0 Å². The fourth-order valence-corrected chi connectivity index (χ4v) is 2.25. The minimum Gasteiger partial charge on any atom is -0.494 e. The summed E-state index contributed by atoms with van der Waals surface area (Å²) < 4.78 is 18.3. The van der Waals surface area contributed by atoms with Gasteiger partial charge < -0.3 is 15.2 Å². The Morgan fingerprint density at radius 3 is 2.74 bits per heavy atom. The molecule has 2 N–H and O–H groups in total. The van der Waals surface area contributed by atoms with Gasteiger partial charge in [-0.1, -0.05) is 12.5 Å². The average molecular weight is 267 g/mol. The first-order valence-electron chi connectivity index (χ1n) is 6.33. The zero-order chi connectivity index (χ0) is 13.9. The van der Waals surface area contributed by atoms with Crippen LogP contribution in [0.5, 0.6) is 5.75 Å². The number of rotatable bonds is 5. The second-order valence-electron chi connectivity index (χ2n) is 4.94. The van der Waals surface area contributed by atoms with E-state index in [0.717, 1.165) is 6.42 Å². The van der Waals surface area contributed by atoms with Gasteiger partial charge in [0.15, 0.2) is 11.6 Å². The van der Waals surface area contributed by atoms with Crippen molar-refractivity contribution in [2.24, 2.45) is 5.41 Å². The smallest absolute Gasteiger partial charge is 0.228 e. The molecule has 1 aliphatic rings. The Balaban J connectivity index is 1.95. The Kier molecular flexibility index (Phi) is 4.04. The molecule has 0 aromatic heterocycles. The van der Waals surface area contributed by atoms with Crippen molar-refractivity contribution in [2.45, 2.75) is 25.8 Å². The number of hydrogen-bond acceptors (Lipinski definition) is 3. The maximum Gasteiger partial charge on any atom is 0.228 e. The highest BCUT2D eigenvalue weighted by Crippen LogP contribution is 2.40. The normalized spacial score (nSPS) is 16.6. The van der Waals surface area contributed by atoms with E-state index >= 15 is 0 Å². The van der Waals surface area contributed by atoms with E-state index in [1.807, 2.05) is 0 Å². The molecule has 0 radical (unpaired) electrons. The lowest BCUT2D eigenvalue weighted by Crippen LogP contribution is -2.47. The number of amides is 1. The topological polar surface area (TPSA) is 58.6 Å². The van der Waals surface area contributed by atoms with Crippen LogP contribution in [-0.4, -0.2) is 24.7 Å². The monoisotopic (exact) mass is 267 g/mol. The van der Waals surface area contributed by atoms with Crippen molar-refractivity contribution in [3.05, 3.63) is 29.6 Å². The van der Waals surface area contributed by atoms with E-state index in [9.17, 15) is 14.3 Å². The highest BCUT2D eigenvalue weighted by Gasteiger charge is 2.43. The molecule has 1 aliphatic carbocycles. The summed E-state index contributed by atoms with van der Waals surface area (Å²) in [7, 11) is 1.40. The Morgan fingerprint density at radius 2 is 2.26 bits per heavy atom. The number of hydrogen-bond donors (Lipinski definition) is 2. The third kappa shape index (κ3) is 2.71. The third-order valence-electron chi connectivity index (χ3n) is 3.76. The van der Waals surface area contributed by atoms with E-state index in [1.54, 1.807) is 6.07 Å². The van der Waals surface area contributed by atoms with Crippen LogP contribution in [0.1, 0.15) is 24.8 Å². The van der Waals surface area contributed by atoms with Gasteiger partial charge in [0, 0.05) is 6.54 Å². The van der Waals surface area contributed by atoms with Crippen LogP contribution >= 0.6 is 0 Å². The second kappa shape index (κ2) is 5.57. The summed E-state index contributed by atoms with van der Waals surface area (Å²) in [6.45, 7) is 0.122. The number of aliphatic hydroxyl groups excluding tert-OH is 1. The Morgan fingerprint density at radius 1 is 1.53 bits per heavy atom. The third-order valence-corrected chi connectivity index (χ3v) is 3.76. The lowest BCUT2D eigenvalue weighted by atomic mass is 9.68. The minimum atomic E-state index is -0.620. The van der Waals surface area contributed by atoms with Gasteiger partial charge in [-0.05, 0) is 30.5 Å². The number of nitrogens with one attached hydrogen (secondary N) is 1. The van der Waals surface area contributed by atoms with Crippen molar-refractivity contribution >= 4 is 5.91 Å². The second-order valence-corrected chi connectivity index (χ2v) is 4.94. The molecule has 0 atom stereocenters. The maximum absolute atomic E-state index is 13.5. The fraction of sp³-hybridized carbons (Fsp3) is 0.500. The number of ether oxygens (including phenoxy) is 1. The molecule has 1 saturated carbocycles. The van der Waals surface area contributed by atoms with Crippen LogP contribution < -0.4 is 10.1 Å². The van der Waals surface area contributed by atoms with Gasteiger partial charge in [0.05, 0.1) is 19.1 Å². The zero-order valence-electron chi connectivity index (χ0n) is 10.9. The molecule has 0 heterocycles. The predicted molar refractivity (Wildman–Crippen MR) is 68.2 cm³/mol. The van der Waals surface area contributed by atoms with E-state index in [0.29, 0.717) is 18.4 Å². The van der Waals surface area contributed by atoms with Gasteiger partial charge in [-0.25, -0.2) is 4.39 Å². The SMILES string of the molecule is COc1ccc(CNC(=O)C2(CO)CCC2)cc1F. The summed E-state index contributed by atoms with van der Waals surface area (Å²) in [6, 6.07) is 4.57. The van der Waals surface area contributed by atoms with Crippen LogP contribution in [0, 0.1) is 11.2 Å². The molecule has 0 spiro atoms. The molecule has 1 aromatic rings. The number of halogens is 1. The molecule has 0 aliphatic heterocycles. The van der Waals surface area contributed by atoms with Gasteiger partial charge in [0.2, 0.25) is 5.91 Å². The highest BCUT2D eigenvalue weighted by molar-refractivity contribution is 5.83. The Hall–Kier alpha value is -1.62. The van der Waals surface area contributed by atoms with Gasteiger partial charge in [0.25, 0.3) is 0 Å². The lowest BCUT2D eigenvalue weighted by Gasteiger charge is -2.38. The van der Waals surface area contributed by atoms with Gasteiger partial charge in [-0.3, -0.25) is 4.79 Å². The Labute approximate surface area is 111 Å². The highest BCUT2D eigenvalue weighted by atomic mass is 19.1. The molecule has 1 amide bonds. The van der Waals surface area contributed by atoms with Crippen molar-refractivity contribution in [1.82, 2.24) is 5.32 Å². The summed E-state index contributed by atoms with van der Waals surface area (Å²) >= 11 is 0. The first-order chi connectivity index (χ1) is 9.11. The lowest BCUT2D eigenvalue weighted by molar-refractivity contribution is -0.139. The number of carbonyl (C=O) groups excluding carboxylic acids is 1. The largest absolute Gasteiger partial charge is 0.494 e. The summed E-state index contributed by atoms with van der Waals surface area (Å²) in [4.78, 5) is 12.0. The molecule has 2 rings (SSSR count). The summed E-state index contributed by atoms with van der Waals surface area (Å²) in [5.41, 5.74) is 0.0458.